The number of benzene rings is 3. The normalized spacial score (nSPS) is 17.3. The van der Waals surface area contributed by atoms with Crippen LogP contribution >= 0.6 is 0 Å². The summed E-state index contributed by atoms with van der Waals surface area (Å²) in [5, 5.41) is 5.25. The van der Waals surface area contributed by atoms with Gasteiger partial charge in [0.1, 0.15) is 11.6 Å². The molecule has 158 valence electrons. The van der Waals surface area contributed by atoms with Crippen LogP contribution in [0.15, 0.2) is 82.1 Å². The molecule has 31 heavy (non-hydrogen) atoms. The van der Waals surface area contributed by atoms with Crippen LogP contribution in [0.3, 0.4) is 0 Å². The minimum absolute atomic E-state index is 0.0214. The number of fused-ring (bicyclic) bond motifs is 2. The van der Waals surface area contributed by atoms with Crippen LogP contribution in [0.5, 0.6) is 11.5 Å². The molecule has 4 aromatic rings. The van der Waals surface area contributed by atoms with Crippen LogP contribution < -0.4 is 14.6 Å². The molecule has 3 aromatic carbocycles. The third-order valence-electron chi connectivity index (χ3n) is 5.29. The van der Waals surface area contributed by atoms with Gasteiger partial charge in [0.15, 0.2) is 17.1 Å². The number of hydrogen-bond donors (Lipinski definition) is 1. The number of sulfonamides is 1. The van der Waals surface area contributed by atoms with Crippen LogP contribution in [0, 0.1) is 0 Å². The van der Waals surface area contributed by atoms with E-state index in [1.807, 2.05) is 54.6 Å². The van der Waals surface area contributed by atoms with Gasteiger partial charge in [0, 0.05) is 12.5 Å². The second-order valence-corrected chi connectivity index (χ2v) is 8.92. The number of nitrogens with zero attached hydrogens (tertiary/aromatic N) is 1. The quantitative estimate of drug-likeness (QED) is 0.521. The van der Waals surface area contributed by atoms with E-state index in [1.165, 1.54) is 12.1 Å². The minimum atomic E-state index is -3.84. The van der Waals surface area contributed by atoms with Crippen molar-refractivity contribution in [1.82, 2.24) is 4.98 Å². The Kier molecular flexibility index (Phi) is 4.88. The van der Waals surface area contributed by atoms with Crippen molar-refractivity contribution in [2.24, 2.45) is 5.14 Å². The van der Waals surface area contributed by atoms with Crippen molar-refractivity contribution in [3.63, 3.8) is 0 Å². The fraction of sp³-hybridized carbons (Fsp3) is 0.174. The van der Waals surface area contributed by atoms with Gasteiger partial charge < -0.3 is 13.9 Å². The highest BCUT2D eigenvalue weighted by atomic mass is 32.2. The van der Waals surface area contributed by atoms with Crippen molar-refractivity contribution in [2.75, 3.05) is 6.61 Å². The van der Waals surface area contributed by atoms with Crippen molar-refractivity contribution >= 4 is 21.1 Å². The van der Waals surface area contributed by atoms with Crippen molar-refractivity contribution in [1.29, 1.82) is 0 Å². The standard InChI is InChI=1S/C23H20N2O5S/c24-31(26,27)16-10-11-19-21(14-16)28-13-12-20(29-19)22(15-6-2-1-3-7-15)23-25-17-8-4-5-9-18(17)30-23/h1-11,14,20,22H,12-13H2,(H2,24,26,27)/t20?,22-/m1/s1. The van der Waals surface area contributed by atoms with Gasteiger partial charge in [0.05, 0.1) is 17.4 Å². The summed E-state index contributed by atoms with van der Waals surface area (Å²) in [5.41, 5.74) is 2.49. The summed E-state index contributed by atoms with van der Waals surface area (Å²) in [6.45, 7) is 0.343. The minimum Gasteiger partial charge on any atom is -0.490 e. The highest BCUT2D eigenvalue weighted by Crippen LogP contribution is 2.39. The number of oxazole rings is 1. The third-order valence-corrected chi connectivity index (χ3v) is 6.20. The molecule has 0 saturated carbocycles. The second kappa shape index (κ2) is 7.72. The predicted octanol–water partition coefficient (Wildman–Crippen LogP) is 3.84. The smallest absolute Gasteiger partial charge is 0.238 e. The van der Waals surface area contributed by atoms with Crippen LogP contribution in [-0.2, 0) is 10.0 Å². The van der Waals surface area contributed by atoms with E-state index >= 15 is 0 Å². The topological polar surface area (TPSA) is 105 Å². The molecule has 1 aromatic heterocycles. The van der Waals surface area contributed by atoms with Gasteiger partial charge in [-0.05, 0) is 29.8 Å². The first-order valence-electron chi connectivity index (χ1n) is 9.86. The highest BCUT2D eigenvalue weighted by Gasteiger charge is 2.33. The highest BCUT2D eigenvalue weighted by molar-refractivity contribution is 7.89. The molecule has 0 spiro atoms. The molecule has 0 fully saturated rings. The maximum atomic E-state index is 11.7. The number of rotatable bonds is 4. The maximum absolute atomic E-state index is 11.7. The lowest BCUT2D eigenvalue weighted by Crippen LogP contribution is -2.27. The van der Waals surface area contributed by atoms with Crippen LogP contribution in [0.1, 0.15) is 23.8 Å². The van der Waals surface area contributed by atoms with Crippen LogP contribution in [-0.4, -0.2) is 26.1 Å². The Morgan fingerprint density at radius 2 is 1.74 bits per heavy atom. The van der Waals surface area contributed by atoms with Crippen molar-refractivity contribution < 1.29 is 22.3 Å². The first-order chi connectivity index (χ1) is 15.0. The first kappa shape index (κ1) is 19.6. The van der Waals surface area contributed by atoms with E-state index in [0.717, 1.165) is 11.1 Å². The molecule has 1 aliphatic heterocycles. The maximum Gasteiger partial charge on any atom is 0.238 e. The van der Waals surface area contributed by atoms with Gasteiger partial charge >= 0.3 is 0 Å². The summed E-state index contributed by atoms with van der Waals surface area (Å²) in [6.07, 6.45) is 0.217. The van der Waals surface area contributed by atoms with E-state index in [4.69, 9.17) is 24.0 Å². The lowest BCUT2D eigenvalue weighted by Gasteiger charge is -2.24. The zero-order valence-corrected chi connectivity index (χ0v) is 17.3. The third kappa shape index (κ3) is 3.87. The Morgan fingerprint density at radius 1 is 0.968 bits per heavy atom. The van der Waals surface area contributed by atoms with Crippen molar-refractivity contribution in [3.05, 3.63) is 84.3 Å². The average Bonchev–Trinajstić information content (AvgIpc) is 3.06. The SMILES string of the molecule is NS(=O)(=O)c1ccc2c(c1)OCCC([C@@H](c1ccccc1)c1nc3ccccc3o1)O2. The Morgan fingerprint density at radius 3 is 2.52 bits per heavy atom. The Labute approximate surface area is 179 Å². The van der Waals surface area contributed by atoms with Gasteiger partial charge in [-0.2, -0.15) is 0 Å². The zero-order valence-electron chi connectivity index (χ0n) is 16.5. The molecule has 0 bridgehead atoms. The molecule has 2 heterocycles. The number of primary sulfonamides is 1. The fourth-order valence-corrected chi connectivity index (χ4v) is 4.35. The fourth-order valence-electron chi connectivity index (χ4n) is 3.82. The van der Waals surface area contributed by atoms with Crippen LogP contribution in [0.4, 0.5) is 0 Å². The molecule has 8 heteroatoms. The Bertz CT molecular complexity index is 1300. The summed E-state index contributed by atoms with van der Waals surface area (Å²) >= 11 is 0. The molecule has 7 nitrogen and oxygen atoms in total. The molecule has 2 atom stereocenters. The van der Waals surface area contributed by atoms with Crippen LogP contribution in [0.2, 0.25) is 0 Å². The average molecular weight is 436 g/mol. The van der Waals surface area contributed by atoms with Gasteiger partial charge in [-0.1, -0.05) is 42.5 Å². The molecular weight excluding hydrogens is 416 g/mol. The monoisotopic (exact) mass is 436 g/mol. The predicted molar refractivity (Wildman–Crippen MR) is 115 cm³/mol. The van der Waals surface area contributed by atoms with Gasteiger partial charge in [-0.25, -0.2) is 18.5 Å². The molecule has 5 rings (SSSR count). The van der Waals surface area contributed by atoms with Gasteiger partial charge in [0.2, 0.25) is 15.9 Å². The number of nitrogens with two attached hydrogens (primary N) is 1. The number of ether oxygens (including phenoxy) is 2. The van der Waals surface area contributed by atoms with E-state index in [-0.39, 0.29) is 16.9 Å². The van der Waals surface area contributed by atoms with Crippen LogP contribution in [0.25, 0.3) is 11.1 Å². The van der Waals surface area contributed by atoms with E-state index in [2.05, 4.69) is 0 Å². The molecule has 0 amide bonds. The molecule has 1 unspecified atom stereocenters. The molecule has 0 radical (unpaired) electrons. The van der Waals surface area contributed by atoms with E-state index in [0.29, 0.717) is 36.0 Å². The van der Waals surface area contributed by atoms with Gasteiger partial charge in [-0.15, -0.1) is 0 Å². The van der Waals surface area contributed by atoms with E-state index in [9.17, 15) is 8.42 Å². The molecule has 0 saturated heterocycles. The first-order valence-corrected chi connectivity index (χ1v) is 11.4. The van der Waals surface area contributed by atoms with E-state index < -0.39 is 10.0 Å². The number of aromatic nitrogens is 1. The molecular formula is C23H20N2O5S. The summed E-state index contributed by atoms with van der Waals surface area (Å²) in [5.74, 6) is 1.08. The van der Waals surface area contributed by atoms with Crippen molar-refractivity contribution in [3.8, 4) is 11.5 Å². The van der Waals surface area contributed by atoms with Crippen molar-refractivity contribution in [2.45, 2.75) is 23.3 Å². The Hall–Kier alpha value is -3.36. The largest absolute Gasteiger partial charge is 0.490 e. The summed E-state index contributed by atoms with van der Waals surface area (Å²) < 4.78 is 41.6. The lowest BCUT2D eigenvalue weighted by molar-refractivity contribution is 0.162. The van der Waals surface area contributed by atoms with E-state index in [1.54, 1.807) is 6.07 Å². The Balaban J connectivity index is 1.57. The molecule has 1 aliphatic rings. The number of hydrogen-bond acceptors (Lipinski definition) is 6. The summed E-state index contributed by atoms with van der Waals surface area (Å²) in [7, 11) is -3.84. The van der Waals surface area contributed by atoms with Gasteiger partial charge in [-0.3, -0.25) is 0 Å². The molecule has 0 aliphatic carbocycles. The summed E-state index contributed by atoms with van der Waals surface area (Å²) in [4.78, 5) is 4.69. The number of para-hydroxylation sites is 2. The van der Waals surface area contributed by atoms with Gasteiger partial charge in [0.25, 0.3) is 0 Å². The lowest BCUT2D eigenvalue weighted by atomic mass is 9.91. The second-order valence-electron chi connectivity index (χ2n) is 7.36. The summed E-state index contributed by atoms with van der Waals surface area (Å²) in [6, 6.07) is 21.9. The zero-order chi connectivity index (χ0) is 21.4. The molecule has 2 N–H and O–H groups in total.